The van der Waals surface area contributed by atoms with Crippen LogP contribution in [0.2, 0.25) is 10.0 Å². The molecule has 1 aliphatic carbocycles. The van der Waals surface area contributed by atoms with E-state index in [9.17, 15) is 27.5 Å². The first-order chi connectivity index (χ1) is 17.3. The molecular formula is C27H30Cl2FNO5S. The van der Waals surface area contributed by atoms with Crippen LogP contribution in [0.4, 0.5) is 4.39 Å². The number of likely N-dealkylation sites (tertiary alicyclic amines) is 1. The number of hydrogen-bond acceptors (Lipinski definition) is 4. The molecule has 1 saturated carbocycles. The maximum absolute atomic E-state index is 14.5. The predicted octanol–water partition coefficient (Wildman–Crippen LogP) is 6.03. The summed E-state index contributed by atoms with van der Waals surface area (Å²) in [6.07, 6.45) is 1.24. The highest BCUT2D eigenvalue weighted by Crippen LogP contribution is 2.52. The van der Waals surface area contributed by atoms with Crippen molar-refractivity contribution in [3.05, 3.63) is 69.5 Å². The lowest BCUT2D eigenvalue weighted by Gasteiger charge is -2.51. The van der Waals surface area contributed by atoms with Gasteiger partial charge in [0.15, 0.2) is 9.84 Å². The highest BCUT2D eigenvalue weighted by Gasteiger charge is 2.53. The van der Waals surface area contributed by atoms with Gasteiger partial charge in [-0.1, -0.05) is 49.2 Å². The number of carboxylic acid groups (broad SMARTS) is 1. The van der Waals surface area contributed by atoms with Gasteiger partial charge < -0.3 is 10.0 Å². The fourth-order valence-electron chi connectivity index (χ4n) is 5.56. The lowest BCUT2D eigenvalue weighted by Crippen LogP contribution is -2.57. The number of amides is 1. The third-order valence-electron chi connectivity index (χ3n) is 7.49. The van der Waals surface area contributed by atoms with Crippen molar-refractivity contribution in [1.82, 2.24) is 4.90 Å². The number of carbonyl (C=O) groups is 2. The van der Waals surface area contributed by atoms with Crippen LogP contribution in [0.25, 0.3) is 0 Å². The van der Waals surface area contributed by atoms with Crippen LogP contribution in [-0.2, 0) is 19.4 Å². The summed E-state index contributed by atoms with van der Waals surface area (Å²) in [5.74, 6) is -2.89. The Bertz CT molecular complexity index is 1280. The van der Waals surface area contributed by atoms with Gasteiger partial charge in [-0.2, -0.15) is 0 Å². The number of carbonyl (C=O) groups excluding carboxylic acids is 1. The van der Waals surface area contributed by atoms with Gasteiger partial charge >= 0.3 is 5.97 Å². The van der Waals surface area contributed by atoms with Crippen molar-refractivity contribution in [1.29, 1.82) is 0 Å². The van der Waals surface area contributed by atoms with E-state index in [1.165, 1.54) is 12.1 Å². The van der Waals surface area contributed by atoms with Crippen LogP contribution in [0.15, 0.2) is 42.5 Å². The summed E-state index contributed by atoms with van der Waals surface area (Å²) in [6.45, 7) is 3.40. The molecule has 2 aromatic rings. The Labute approximate surface area is 226 Å². The lowest BCUT2D eigenvalue weighted by molar-refractivity contribution is -0.160. The van der Waals surface area contributed by atoms with E-state index in [1.54, 1.807) is 42.2 Å². The highest BCUT2D eigenvalue weighted by atomic mass is 35.5. The molecule has 1 heterocycles. The van der Waals surface area contributed by atoms with Gasteiger partial charge in [0.25, 0.3) is 0 Å². The van der Waals surface area contributed by atoms with Gasteiger partial charge in [0.05, 0.1) is 28.9 Å². The molecule has 2 aromatic carbocycles. The van der Waals surface area contributed by atoms with Crippen molar-refractivity contribution < 1.29 is 27.5 Å². The van der Waals surface area contributed by atoms with Crippen molar-refractivity contribution in [3.8, 4) is 0 Å². The van der Waals surface area contributed by atoms with Crippen LogP contribution in [-0.4, -0.2) is 47.3 Å². The fourth-order valence-corrected chi connectivity index (χ4v) is 7.97. The molecule has 4 atom stereocenters. The number of hydrogen-bond donors (Lipinski definition) is 1. The summed E-state index contributed by atoms with van der Waals surface area (Å²) in [4.78, 5) is 27.6. The SMILES string of the molecule is CC[C@@H](CS(=O)(=O)C1CC1)N1C(=O)[C@@](C)(CC(=O)O)C[C@H](c2cc(F)cc(Cl)c2)[C@H]1c1ccc(Cl)cc1. The van der Waals surface area contributed by atoms with E-state index in [1.807, 2.05) is 6.92 Å². The van der Waals surface area contributed by atoms with Crippen LogP contribution in [0.1, 0.15) is 69.0 Å². The second-order valence-corrected chi connectivity index (χ2v) is 13.6. The minimum Gasteiger partial charge on any atom is -0.481 e. The van der Waals surface area contributed by atoms with Crippen molar-refractivity contribution in [2.45, 2.75) is 69.2 Å². The maximum Gasteiger partial charge on any atom is 0.304 e. The number of nitrogens with zero attached hydrogens (tertiary/aromatic N) is 1. The zero-order chi connectivity index (χ0) is 27.1. The largest absolute Gasteiger partial charge is 0.481 e. The van der Waals surface area contributed by atoms with Gasteiger partial charge in [-0.3, -0.25) is 9.59 Å². The van der Waals surface area contributed by atoms with E-state index in [4.69, 9.17) is 23.2 Å². The molecule has 10 heteroatoms. The third kappa shape index (κ3) is 5.96. The molecule has 0 aromatic heterocycles. The number of benzene rings is 2. The van der Waals surface area contributed by atoms with Crippen molar-refractivity contribution in [2.75, 3.05) is 5.75 Å². The molecular weight excluding hydrogens is 540 g/mol. The highest BCUT2D eigenvalue weighted by molar-refractivity contribution is 7.92. The number of halogens is 3. The molecule has 1 amide bonds. The Morgan fingerprint density at radius 3 is 2.32 bits per heavy atom. The molecule has 37 heavy (non-hydrogen) atoms. The maximum atomic E-state index is 14.5. The van der Waals surface area contributed by atoms with E-state index in [0.29, 0.717) is 35.4 Å². The first-order valence-corrected chi connectivity index (χ1v) is 14.8. The minimum atomic E-state index is -3.45. The molecule has 0 unspecified atom stereocenters. The Morgan fingerprint density at radius 1 is 1.14 bits per heavy atom. The number of sulfone groups is 1. The van der Waals surface area contributed by atoms with Gasteiger partial charge in [0.2, 0.25) is 5.91 Å². The van der Waals surface area contributed by atoms with Crippen LogP contribution in [0, 0.1) is 11.2 Å². The second kappa shape index (κ2) is 10.5. The molecule has 1 N–H and O–H groups in total. The number of rotatable bonds is 9. The summed E-state index contributed by atoms with van der Waals surface area (Å²) in [6, 6.07) is 9.67. The van der Waals surface area contributed by atoms with Crippen LogP contribution >= 0.6 is 23.2 Å². The van der Waals surface area contributed by atoms with E-state index < -0.39 is 62.6 Å². The summed E-state index contributed by atoms with van der Waals surface area (Å²) in [5, 5.41) is 9.96. The molecule has 2 aliphatic rings. The number of piperidine rings is 1. The average Bonchev–Trinajstić information content (AvgIpc) is 3.65. The summed E-state index contributed by atoms with van der Waals surface area (Å²) < 4.78 is 40.7. The molecule has 0 radical (unpaired) electrons. The third-order valence-corrected chi connectivity index (χ3v) is 10.3. The average molecular weight is 571 g/mol. The van der Waals surface area contributed by atoms with E-state index in [0.717, 1.165) is 0 Å². The van der Waals surface area contributed by atoms with E-state index >= 15 is 0 Å². The molecule has 6 nitrogen and oxygen atoms in total. The van der Waals surface area contributed by atoms with Crippen LogP contribution < -0.4 is 0 Å². The molecule has 200 valence electrons. The minimum absolute atomic E-state index is 0.119. The monoisotopic (exact) mass is 569 g/mol. The van der Waals surface area contributed by atoms with Gasteiger partial charge in [-0.15, -0.1) is 0 Å². The predicted molar refractivity (Wildman–Crippen MR) is 141 cm³/mol. The lowest BCUT2D eigenvalue weighted by atomic mass is 9.67. The van der Waals surface area contributed by atoms with Gasteiger partial charge in [0.1, 0.15) is 5.82 Å². The first-order valence-electron chi connectivity index (χ1n) is 12.3. The summed E-state index contributed by atoms with van der Waals surface area (Å²) in [5.41, 5.74) is -0.128. The molecule has 4 rings (SSSR count). The Kier molecular flexibility index (Phi) is 7.94. The Balaban J connectivity index is 1.91. The quantitative estimate of drug-likeness (QED) is 0.398. The number of carboxylic acids is 1. The first kappa shape index (κ1) is 27.9. The Hall–Kier alpha value is -2.16. The van der Waals surface area contributed by atoms with E-state index in [-0.39, 0.29) is 17.2 Å². The van der Waals surface area contributed by atoms with Crippen LogP contribution in [0.3, 0.4) is 0 Å². The van der Waals surface area contributed by atoms with Gasteiger partial charge in [-0.25, -0.2) is 12.8 Å². The van der Waals surface area contributed by atoms with Crippen LogP contribution in [0.5, 0.6) is 0 Å². The zero-order valence-electron chi connectivity index (χ0n) is 20.7. The second-order valence-electron chi connectivity index (χ2n) is 10.4. The molecule has 0 spiro atoms. The van der Waals surface area contributed by atoms with Crippen molar-refractivity contribution in [2.24, 2.45) is 5.41 Å². The van der Waals surface area contributed by atoms with Gasteiger partial charge in [0, 0.05) is 22.0 Å². The molecule has 1 aliphatic heterocycles. The van der Waals surface area contributed by atoms with E-state index in [2.05, 4.69) is 0 Å². The zero-order valence-corrected chi connectivity index (χ0v) is 23.0. The van der Waals surface area contributed by atoms with Crippen molar-refractivity contribution in [3.63, 3.8) is 0 Å². The van der Waals surface area contributed by atoms with Crippen molar-refractivity contribution >= 4 is 44.9 Å². The summed E-state index contributed by atoms with van der Waals surface area (Å²) in [7, 11) is -3.45. The molecule has 0 bridgehead atoms. The smallest absolute Gasteiger partial charge is 0.304 e. The summed E-state index contributed by atoms with van der Waals surface area (Å²) >= 11 is 12.4. The standard InChI is InChI=1S/C27H30Cl2FNO5S/c1-3-21(15-37(35,36)22-8-9-22)31-25(16-4-6-18(28)7-5-16)23(17-10-19(29)12-20(30)11-17)13-27(2,26(31)34)14-24(32)33/h4-7,10-12,21-23,25H,3,8-9,13-15H2,1-2H3,(H,32,33)/t21-,23+,25+,27+/m0/s1. The number of aliphatic carboxylic acids is 1. The van der Waals surface area contributed by atoms with Gasteiger partial charge in [-0.05, 0) is 67.1 Å². The fraction of sp³-hybridized carbons (Fsp3) is 0.481. The Morgan fingerprint density at radius 2 is 1.78 bits per heavy atom. The topological polar surface area (TPSA) is 91.8 Å². The normalized spacial score (nSPS) is 25.2. The molecule has 1 saturated heterocycles. The molecule has 2 fully saturated rings.